The Morgan fingerprint density at radius 1 is 1.26 bits per heavy atom. The molecule has 1 N–H and O–H groups in total. The summed E-state index contributed by atoms with van der Waals surface area (Å²) >= 11 is 0. The van der Waals surface area contributed by atoms with Crippen molar-refractivity contribution in [2.45, 2.75) is 19.4 Å². The Balaban J connectivity index is 3.33. The summed E-state index contributed by atoms with van der Waals surface area (Å²) in [6, 6.07) is 5.33. The molecule has 0 bridgehead atoms. The predicted molar refractivity (Wildman–Crippen MR) is 72.6 cm³/mol. The summed E-state index contributed by atoms with van der Waals surface area (Å²) in [5, 5.41) is 3.14. The van der Waals surface area contributed by atoms with E-state index in [0.29, 0.717) is 23.6 Å². The molecule has 0 aliphatic heterocycles. The number of likely N-dealkylation sites (N-methyl/N-ethyl adjacent to an activating group) is 1. The number of ether oxygens (including phenoxy) is 3. The fourth-order valence-electron chi connectivity index (χ4n) is 2.05. The van der Waals surface area contributed by atoms with Gasteiger partial charge in [0, 0.05) is 11.6 Å². The molecule has 0 aromatic heterocycles. The van der Waals surface area contributed by atoms with Gasteiger partial charge in [0.05, 0.1) is 21.3 Å². The SMILES string of the molecule is CCNC(C)(C(=O)OC)c1ccc(OC)cc1OC. The van der Waals surface area contributed by atoms with Gasteiger partial charge in [0.2, 0.25) is 0 Å². The average Bonchev–Trinajstić information content (AvgIpc) is 2.45. The van der Waals surface area contributed by atoms with Crippen molar-refractivity contribution in [2.75, 3.05) is 27.9 Å². The molecule has 0 aliphatic carbocycles. The Kier molecular flexibility index (Phi) is 5.18. The third-order valence-electron chi connectivity index (χ3n) is 3.07. The lowest BCUT2D eigenvalue weighted by atomic mass is 9.91. The quantitative estimate of drug-likeness (QED) is 0.795. The van der Waals surface area contributed by atoms with Gasteiger partial charge in [0.15, 0.2) is 0 Å². The molecule has 1 unspecified atom stereocenters. The van der Waals surface area contributed by atoms with E-state index in [-0.39, 0.29) is 5.97 Å². The summed E-state index contributed by atoms with van der Waals surface area (Å²) in [5.74, 6) is 0.885. The third kappa shape index (κ3) is 2.98. The minimum absolute atomic E-state index is 0.363. The first-order valence-electron chi connectivity index (χ1n) is 6.09. The van der Waals surface area contributed by atoms with Gasteiger partial charge in [-0.05, 0) is 25.6 Å². The molecule has 0 aliphatic rings. The molecule has 106 valence electrons. The molecule has 1 aromatic rings. The molecule has 1 aromatic carbocycles. The van der Waals surface area contributed by atoms with Crippen LogP contribution in [0.15, 0.2) is 18.2 Å². The maximum absolute atomic E-state index is 12.1. The molecule has 0 heterocycles. The molecular weight excluding hydrogens is 246 g/mol. The summed E-state index contributed by atoms with van der Waals surface area (Å²) in [5.41, 5.74) is -0.245. The Hall–Kier alpha value is -1.75. The van der Waals surface area contributed by atoms with Crippen molar-refractivity contribution in [3.8, 4) is 11.5 Å². The average molecular weight is 267 g/mol. The number of carbonyl (C=O) groups is 1. The highest BCUT2D eigenvalue weighted by Gasteiger charge is 2.38. The monoisotopic (exact) mass is 267 g/mol. The molecule has 0 saturated heterocycles. The zero-order valence-electron chi connectivity index (χ0n) is 12.1. The number of hydrogen-bond acceptors (Lipinski definition) is 5. The molecule has 5 nitrogen and oxygen atoms in total. The standard InChI is InChI=1S/C14H21NO4/c1-6-15-14(2,13(16)19-5)11-8-7-10(17-3)9-12(11)18-4/h7-9,15H,6H2,1-5H3. The van der Waals surface area contributed by atoms with Crippen LogP contribution in [0, 0.1) is 0 Å². The van der Waals surface area contributed by atoms with Crippen LogP contribution in [0.1, 0.15) is 19.4 Å². The van der Waals surface area contributed by atoms with Gasteiger partial charge >= 0.3 is 5.97 Å². The van der Waals surface area contributed by atoms with Gasteiger partial charge in [-0.1, -0.05) is 6.92 Å². The van der Waals surface area contributed by atoms with Crippen molar-refractivity contribution in [1.82, 2.24) is 5.32 Å². The third-order valence-corrected chi connectivity index (χ3v) is 3.07. The lowest BCUT2D eigenvalue weighted by Gasteiger charge is -2.29. The molecule has 1 atom stereocenters. The summed E-state index contributed by atoms with van der Waals surface area (Å²) in [7, 11) is 4.51. The Bertz CT molecular complexity index is 447. The summed E-state index contributed by atoms with van der Waals surface area (Å²) in [6.45, 7) is 4.32. The number of hydrogen-bond donors (Lipinski definition) is 1. The Morgan fingerprint density at radius 2 is 1.95 bits per heavy atom. The molecule has 19 heavy (non-hydrogen) atoms. The number of esters is 1. The normalized spacial score (nSPS) is 13.5. The van der Waals surface area contributed by atoms with Crippen molar-refractivity contribution in [1.29, 1.82) is 0 Å². The van der Waals surface area contributed by atoms with Gasteiger partial charge < -0.3 is 14.2 Å². The maximum Gasteiger partial charge on any atom is 0.330 e. The van der Waals surface area contributed by atoms with Gasteiger partial charge in [0.25, 0.3) is 0 Å². The van der Waals surface area contributed by atoms with Crippen LogP contribution >= 0.6 is 0 Å². The molecular formula is C14H21NO4. The largest absolute Gasteiger partial charge is 0.497 e. The first-order chi connectivity index (χ1) is 9.03. The molecule has 0 spiro atoms. The van der Waals surface area contributed by atoms with Crippen molar-refractivity contribution < 1.29 is 19.0 Å². The highest BCUT2D eigenvalue weighted by atomic mass is 16.5. The minimum Gasteiger partial charge on any atom is -0.497 e. The second-order valence-corrected chi connectivity index (χ2v) is 4.21. The first kappa shape index (κ1) is 15.3. The lowest BCUT2D eigenvalue weighted by molar-refractivity contribution is -0.148. The molecule has 0 fully saturated rings. The van der Waals surface area contributed by atoms with Gasteiger partial charge in [-0.25, -0.2) is 4.79 Å². The van der Waals surface area contributed by atoms with Crippen molar-refractivity contribution >= 4 is 5.97 Å². The number of nitrogens with one attached hydrogen (secondary N) is 1. The van der Waals surface area contributed by atoms with Crippen LogP contribution in [0.5, 0.6) is 11.5 Å². The fraction of sp³-hybridized carbons (Fsp3) is 0.500. The van der Waals surface area contributed by atoms with Crippen molar-refractivity contribution in [2.24, 2.45) is 0 Å². The molecule has 5 heteroatoms. The van der Waals surface area contributed by atoms with Crippen LogP contribution in [-0.2, 0) is 15.1 Å². The van der Waals surface area contributed by atoms with E-state index in [9.17, 15) is 4.79 Å². The molecule has 0 radical (unpaired) electrons. The number of rotatable bonds is 6. The Morgan fingerprint density at radius 3 is 2.42 bits per heavy atom. The molecule has 0 amide bonds. The van der Waals surface area contributed by atoms with Crippen LogP contribution in [0.25, 0.3) is 0 Å². The van der Waals surface area contributed by atoms with Crippen molar-refractivity contribution in [3.05, 3.63) is 23.8 Å². The summed E-state index contributed by atoms with van der Waals surface area (Å²) in [6.07, 6.45) is 0. The second kappa shape index (κ2) is 6.43. The van der Waals surface area contributed by atoms with Crippen LogP contribution in [0.4, 0.5) is 0 Å². The highest BCUT2D eigenvalue weighted by Crippen LogP contribution is 2.33. The maximum atomic E-state index is 12.1. The summed E-state index contributed by atoms with van der Waals surface area (Å²) in [4.78, 5) is 12.1. The molecule has 1 rings (SSSR count). The lowest BCUT2D eigenvalue weighted by Crippen LogP contribution is -2.47. The summed E-state index contributed by atoms with van der Waals surface area (Å²) < 4.78 is 15.4. The molecule has 0 saturated carbocycles. The van der Waals surface area contributed by atoms with E-state index < -0.39 is 5.54 Å². The number of methoxy groups -OCH3 is 3. The van der Waals surface area contributed by atoms with Crippen LogP contribution in [0.2, 0.25) is 0 Å². The van der Waals surface area contributed by atoms with Gasteiger partial charge in [-0.15, -0.1) is 0 Å². The fourth-order valence-corrected chi connectivity index (χ4v) is 2.05. The van der Waals surface area contributed by atoms with Crippen molar-refractivity contribution in [3.63, 3.8) is 0 Å². The van der Waals surface area contributed by atoms with Gasteiger partial charge in [-0.2, -0.15) is 0 Å². The number of benzene rings is 1. The van der Waals surface area contributed by atoms with Gasteiger partial charge in [0.1, 0.15) is 17.0 Å². The zero-order chi connectivity index (χ0) is 14.5. The van der Waals surface area contributed by atoms with Crippen LogP contribution in [0.3, 0.4) is 0 Å². The minimum atomic E-state index is -0.957. The predicted octanol–water partition coefficient (Wildman–Crippen LogP) is 1.70. The van der Waals surface area contributed by atoms with Crippen LogP contribution < -0.4 is 14.8 Å². The van der Waals surface area contributed by atoms with E-state index in [1.807, 2.05) is 6.92 Å². The van der Waals surface area contributed by atoms with E-state index in [4.69, 9.17) is 14.2 Å². The first-order valence-corrected chi connectivity index (χ1v) is 6.09. The van der Waals surface area contributed by atoms with Crippen LogP contribution in [-0.4, -0.2) is 33.8 Å². The van der Waals surface area contributed by atoms with E-state index >= 15 is 0 Å². The second-order valence-electron chi connectivity index (χ2n) is 4.21. The topological polar surface area (TPSA) is 56.8 Å². The Labute approximate surface area is 113 Å². The smallest absolute Gasteiger partial charge is 0.330 e. The highest BCUT2D eigenvalue weighted by molar-refractivity contribution is 5.83. The van der Waals surface area contributed by atoms with E-state index in [1.165, 1.54) is 7.11 Å². The van der Waals surface area contributed by atoms with Gasteiger partial charge in [-0.3, -0.25) is 5.32 Å². The van der Waals surface area contributed by atoms with E-state index in [1.54, 1.807) is 39.3 Å². The van der Waals surface area contributed by atoms with E-state index in [0.717, 1.165) is 0 Å². The van der Waals surface area contributed by atoms with E-state index in [2.05, 4.69) is 5.32 Å². The zero-order valence-corrected chi connectivity index (χ0v) is 12.1. The number of carbonyl (C=O) groups excluding carboxylic acids is 1.